The number of hydrogen-bond donors (Lipinski definition) is 2. The average Bonchev–Trinajstić information content (AvgIpc) is 2.29. The molecule has 1 amide bonds. The third kappa shape index (κ3) is 1.23. The van der Waals surface area contributed by atoms with Crippen molar-refractivity contribution in [3.63, 3.8) is 0 Å². The number of rotatable bonds is 0. The number of aromatic nitrogens is 2. The Kier molecular flexibility index (Phi) is 1.93. The zero-order valence-electron chi connectivity index (χ0n) is 7.17. The number of carbonyl (C=O) groups excluding carboxylic acids is 1. The summed E-state index contributed by atoms with van der Waals surface area (Å²) in [7, 11) is 0. The quantitative estimate of drug-likeness (QED) is 0.531. The van der Waals surface area contributed by atoms with Crippen LogP contribution in [0.15, 0.2) is 6.33 Å². The zero-order chi connectivity index (χ0) is 10.1. The molecular weight excluding hydrogens is 188 g/mol. The summed E-state index contributed by atoms with van der Waals surface area (Å²) in [5.41, 5.74) is 5.48. The number of ether oxygens (including phenoxy) is 1. The molecule has 0 aliphatic carbocycles. The number of carbonyl (C=O) groups is 1. The smallest absolute Gasteiger partial charge is 0.286 e. The van der Waals surface area contributed by atoms with E-state index in [0.29, 0.717) is 5.06 Å². The zero-order valence-corrected chi connectivity index (χ0v) is 7.17. The first kappa shape index (κ1) is 8.70. The summed E-state index contributed by atoms with van der Waals surface area (Å²) in [6.07, 6.45) is 1.20. The van der Waals surface area contributed by atoms with Gasteiger partial charge in [0.25, 0.3) is 5.91 Å². The van der Waals surface area contributed by atoms with E-state index in [0.717, 1.165) is 0 Å². The number of nitrogen functional groups attached to an aromatic ring is 1. The molecule has 74 valence electrons. The van der Waals surface area contributed by atoms with Gasteiger partial charge in [-0.05, 0) is 0 Å². The van der Waals surface area contributed by atoms with Crippen molar-refractivity contribution in [1.29, 1.82) is 0 Å². The van der Waals surface area contributed by atoms with E-state index in [2.05, 4.69) is 9.97 Å². The van der Waals surface area contributed by atoms with Crippen molar-refractivity contribution in [2.75, 3.05) is 18.9 Å². The largest absolute Gasteiger partial charge is 0.475 e. The minimum absolute atomic E-state index is 0.000880. The molecule has 0 aromatic carbocycles. The molecule has 1 aliphatic rings. The molecule has 3 N–H and O–H groups in total. The van der Waals surface area contributed by atoms with Gasteiger partial charge in [0.15, 0.2) is 0 Å². The summed E-state index contributed by atoms with van der Waals surface area (Å²) < 4.78 is 5.12. The van der Waals surface area contributed by atoms with Gasteiger partial charge in [-0.2, -0.15) is 0 Å². The number of nitrogens with two attached hydrogens (primary N) is 1. The van der Waals surface area contributed by atoms with Crippen LogP contribution in [0.1, 0.15) is 10.4 Å². The summed E-state index contributed by atoms with van der Waals surface area (Å²) in [6.45, 7) is 0.250. The second kappa shape index (κ2) is 3.11. The highest BCUT2D eigenvalue weighted by Crippen LogP contribution is 2.22. The number of fused-ring (bicyclic) bond motifs is 1. The van der Waals surface area contributed by atoms with Crippen molar-refractivity contribution >= 4 is 11.7 Å². The molecule has 1 aromatic heterocycles. The SMILES string of the molecule is Nc1ncnc2c1C(=O)N(O)CCO2. The molecule has 1 aromatic rings. The van der Waals surface area contributed by atoms with Crippen molar-refractivity contribution in [2.24, 2.45) is 0 Å². The number of amides is 1. The molecule has 1 aliphatic heterocycles. The molecule has 0 radical (unpaired) electrons. The third-order valence-electron chi connectivity index (χ3n) is 1.83. The molecule has 0 saturated carbocycles. The lowest BCUT2D eigenvalue weighted by Gasteiger charge is -2.10. The lowest BCUT2D eigenvalue weighted by Crippen LogP contribution is -2.29. The van der Waals surface area contributed by atoms with Gasteiger partial charge < -0.3 is 10.5 Å². The molecule has 7 nitrogen and oxygen atoms in total. The van der Waals surface area contributed by atoms with Crippen LogP contribution in [0.4, 0.5) is 5.82 Å². The Morgan fingerprint density at radius 3 is 3.14 bits per heavy atom. The van der Waals surface area contributed by atoms with Crippen LogP contribution in [0.3, 0.4) is 0 Å². The van der Waals surface area contributed by atoms with E-state index in [1.807, 2.05) is 0 Å². The van der Waals surface area contributed by atoms with Gasteiger partial charge in [0.2, 0.25) is 5.88 Å². The fourth-order valence-corrected chi connectivity index (χ4v) is 1.15. The molecule has 0 spiro atoms. The van der Waals surface area contributed by atoms with E-state index in [4.69, 9.17) is 10.5 Å². The number of hydrogen-bond acceptors (Lipinski definition) is 6. The lowest BCUT2D eigenvalue weighted by atomic mass is 10.3. The maximum absolute atomic E-state index is 11.5. The second-order valence-electron chi connectivity index (χ2n) is 2.72. The van der Waals surface area contributed by atoms with Gasteiger partial charge in [-0.1, -0.05) is 0 Å². The number of nitrogens with zero attached hydrogens (tertiary/aromatic N) is 3. The van der Waals surface area contributed by atoms with Gasteiger partial charge in [-0.25, -0.2) is 15.0 Å². The summed E-state index contributed by atoms with van der Waals surface area (Å²) in [5.74, 6) is -0.532. The van der Waals surface area contributed by atoms with E-state index < -0.39 is 5.91 Å². The van der Waals surface area contributed by atoms with Crippen LogP contribution in [-0.4, -0.2) is 39.3 Å². The van der Waals surface area contributed by atoms with Crippen LogP contribution >= 0.6 is 0 Å². The molecule has 0 atom stereocenters. The lowest BCUT2D eigenvalue weighted by molar-refractivity contribution is -0.0603. The first-order chi connectivity index (χ1) is 6.70. The molecule has 2 heterocycles. The average molecular weight is 196 g/mol. The summed E-state index contributed by atoms with van der Waals surface area (Å²) >= 11 is 0. The molecule has 0 fully saturated rings. The van der Waals surface area contributed by atoms with Crippen LogP contribution in [0.2, 0.25) is 0 Å². The standard InChI is InChI=1S/C7H8N4O3/c8-5-4-6(10-3-9-5)14-2-1-11(13)7(4)12/h3,13H,1-2H2,(H2,8,9,10). The molecular formula is C7H8N4O3. The van der Waals surface area contributed by atoms with Gasteiger partial charge >= 0.3 is 0 Å². The molecule has 0 unspecified atom stereocenters. The second-order valence-corrected chi connectivity index (χ2v) is 2.72. The molecule has 0 saturated heterocycles. The van der Waals surface area contributed by atoms with Crippen LogP contribution < -0.4 is 10.5 Å². The summed E-state index contributed by atoms with van der Waals surface area (Å²) in [5, 5.41) is 9.75. The highest BCUT2D eigenvalue weighted by Gasteiger charge is 2.26. The van der Waals surface area contributed by atoms with Crippen LogP contribution in [0.5, 0.6) is 5.88 Å². The van der Waals surface area contributed by atoms with Crippen LogP contribution in [0, 0.1) is 0 Å². The van der Waals surface area contributed by atoms with E-state index >= 15 is 0 Å². The predicted octanol–water partition coefficient (Wildman–Crippen LogP) is -0.717. The monoisotopic (exact) mass is 196 g/mol. The normalized spacial score (nSPS) is 15.8. The van der Waals surface area contributed by atoms with Gasteiger partial charge in [-0.3, -0.25) is 10.0 Å². The molecule has 0 bridgehead atoms. The fourth-order valence-electron chi connectivity index (χ4n) is 1.15. The first-order valence-electron chi connectivity index (χ1n) is 3.94. The number of anilines is 1. The maximum atomic E-state index is 11.5. The summed E-state index contributed by atoms with van der Waals surface area (Å²) in [6, 6.07) is 0. The minimum Gasteiger partial charge on any atom is -0.475 e. The topological polar surface area (TPSA) is 102 Å². The van der Waals surface area contributed by atoms with Gasteiger partial charge in [0.05, 0.1) is 6.54 Å². The van der Waals surface area contributed by atoms with Crippen LogP contribution in [-0.2, 0) is 0 Å². The van der Waals surface area contributed by atoms with Gasteiger partial charge in [-0.15, -0.1) is 0 Å². The number of hydroxylamine groups is 2. The Labute approximate surface area is 79.1 Å². The summed E-state index contributed by atoms with van der Waals surface area (Å²) in [4.78, 5) is 18.9. The maximum Gasteiger partial charge on any atom is 0.286 e. The van der Waals surface area contributed by atoms with Crippen molar-refractivity contribution in [1.82, 2.24) is 15.0 Å². The minimum atomic E-state index is -0.643. The van der Waals surface area contributed by atoms with E-state index in [1.54, 1.807) is 0 Å². The van der Waals surface area contributed by atoms with Gasteiger partial charge in [0, 0.05) is 0 Å². The highest BCUT2D eigenvalue weighted by molar-refractivity contribution is 6.00. The van der Waals surface area contributed by atoms with Crippen LogP contribution in [0.25, 0.3) is 0 Å². The van der Waals surface area contributed by atoms with E-state index in [-0.39, 0.29) is 30.4 Å². The highest BCUT2D eigenvalue weighted by atomic mass is 16.5. The van der Waals surface area contributed by atoms with E-state index in [1.165, 1.54) is 6.33 Å². The Morgan fingerprint density at radius 2 is 2.36 bits per heavy atom. The molecule has 7 heteroatoms. The van der Waals surface area contributed by atoms with Crippen molar-refractivity contribution in [3.05, 3.63) is 11.9 Å². The Bertz CT molecular complexity index is 381. The third-order valence-corrected chi connectivity index (χ3v) is 1.83. The molecule has 2 rings (SSSR count). The van der Waals surface area contributed by atoms with Crippen molar-refractivity contribution < 1.29 is 14.7 Å². The first-order valence-corrected chi connectivity index (χ1v) is 3.94. The van der Waals surface area contributed by atoms with Crippen molar-refractivity contribution in [2.45, 2.75) is 0 Å². The Balaban J connectivity index is 2.55. The fraction of sp³-hybridized carbons (Fsp3) is 0.286. The Morgan fingerprint density at radius 1 is 1.57 bits per heavy atom. The Hall–Kier alpha value is -1.89. The van der Waals surface area contributed by atoms with Crippen molar-refractivity contribution in [3.8, 4) is 5.88 Å². The predicted molar refractivity (Wildman–Crippen MR) is 44.8 cm³/mol. The molecule has 14 heavy (non-hydrogen) atoms. The van der Waals surface area contributed by atoms with E-state index in [9.17, 15) is 10.0 Å². The van der Waals surface area contributed by atoms with Gasteiger partial charge in [0.1, 0.15) is 24.3 Å².